The van der Waals surface area contributed by atoms with Crippen LogP contribution in [0.25, 0.3) is 16.9 Å². The Morgan fingerprint density at radius 1 is 1.14 bits per heavy atom. The predicted molar refractivity (Wildman–Crippen MR) is 83.2 cm³/mol. The van der Waals surface area contributed by atoms with E-state index in [9.17, 15) is 5.11 Å². The van der Waals surface area contributed by atoms with Gasteiger partial charge >= 0.3 is 0 Å². The lowest BCUT2D eigenvalue weighted by atomic mass is 10.1. The van der Waals surface area contributed by atoms with E-state index < -0.39 is 0 Å². The molecule has 2 aromatic heterocycles. The zero-order valence-corrected chi connectivity index (χ0v) is 12.2. The Labute approximate surface area is 131 Å². The molecular weight excluding hydrogens is 298 g/mol. The number of hydrogen-bond acceptors (Lipinski definition) is 6. The molecule has 6 nitrogen and oxygen atoms in total. The molecule has 7 heteroatoms. The Morgan fingerprint density at radius 2 is 1.91 bits per heavy atom. The van der Waals surface area contributed by atoms with E-state index in [0.29, 0.717) is 16.9 Å². The van der Waals surface area contributed by atoms with Gasteiger partial charge in [0.2, 0.25) is 5.88 Å². The van der Waals surface area contributed by atoms with Gasteiger partial charge in [0, 0.05) is 11.1 Å². The normalized spacial score (nSPS) is 10.4. The molecule has 0 amide bonds. The molecule has 3 N–H and O–H groups in total. The molecule has 0 aliphatic carbocycles. The van der Waals surface area contributed by atoms with Crippen LogP contribution in [0.1, 0.15) is 5.56 Å². The number of nitrogens with zero attached hydrogens (tertiary/aromatic N) is 4. The van der Waals surface area contributed by atoms with E-state index in [1.54, 1.807) is 48.8 Å². The fourth-order valence-electron chi connectivity index (χ4n) is 2.01. The Kier molecular flexibility index (Phi) is 3.78. The average molecular weight is 309 g/mol. The van der Waals surface area contributed by atoms with Crippen molar-refractivity contribution in [1.82, 2.24) is 14.8 Å². The first-order valence-electron chi connectivity index (χ1n) is 6.33. The van der Waals surface area contributed by atoms with Crippen LogP contribution in [0.3, 0.4) is 0 Å². The van der Waals surface area contributed by atoms with E-state index in [0.717, 1.165) is 22.4 Å². The summed E-state index contributed by atoms with van der Waals surface area (Å²) in [5.41, 5.74) is 1.91. The van der Waals surface area contributed by atoms with Gasteiger partial charge in [-0.05, 0) is 41.8 Å². The molecule has 0 fully saturated rings. The van der Waals surface area contributed by atoms with Crippen molar-refractivity contribution < 1.29 is 5.11 Å². The molecule has 0 bridgehead atoms. The van der Waals surface area contributed by atoms with Crippen LogP contribution in [-0.2, 0) is 0 Å². The van der Waals surface area contributed by atoms with Crippen LogP contribution in [0.5, 0.6) is 5.88 Å². The van der Waals surface area contributed by atoms with Gasteiger partial charge in [-0.15, -0.1) is 0 Å². The summed E-state index contributed by atoms with van der Waals surface area (Å²) >= 11 is 1.10. The van der Waals surface area contributed by atoms with Crippen LogP contribution in [-0.4, -0.2) is 19.9 Å². The second kappa shape index (κ2) is 5.89. The maximum absolute atomic E-state index is 10.4. The smallest absolute Gasteiger partial charge is 0.223 e. The van der Waals surface area contributed by atoms with Crippen LogP contribution in [0, 0.1) is 11.3 Å². The summed E-state index contributed by atoms with van der Waals surface area (Å²) in [6, 6.07) is 12.5. The Balaban J connectivity index is 1.98. The summed E-state index contributed by atoms with van der Waals surface area (Å²) in [5.74, 6) is 0.487. The van der Waals surface area contributed by atoms with Gasteiger partial charge in [0.05, 0.1) is 23.4 Å². The van der Waals surface area contributed by atoms with Crippen molar-refractivity contribution >= 4 is 11.9 Å². The van der Waals surface area contributed by atoms with E-state index in [1.165, 1.54) is 4.68 Å². The third kappa shape index (κ3) is 2.53. The summed E-state index contributed by atoms with van der Waals surface area (Å²) in [5, 5.41) is 28.8. The van der Waals surface area contributed by atoms with E-state index in [4.69, 9.17) is 10.4 Å². The largest absolute Gasteiger partial charge is 0.493 e. The monoisotopic (exact) mass is 309 g/mol. The first kappa shape index (κ1) is 14.1. The van der Waals surface area contributed by atoms with Crippen molar-refractivity contribution in [2.45, 2.75) is 4.90 Å². The van der Waals surface area contributed by atoms with Crippen molar-refractivity contribution in [1.29, 1.82) is 5.26 Å². The summed E-state index contributed by atoms with van der Waals surface area (Å²) in [6.07, 6.45) is 3.17. The fraction of sp³-hybridized carbons (Fsp3) is 0. The number of benzene rings is 1. The van der Waals surface area contributed by atoms with Gasteiger partial charge < -0.3 is 5.11 Å². The van der Waals surface area contributed by atoms with Gasteiger partial charge in [0.15, 0.2) is 5.82 Å². The third-order valence-corrected chi connectivity index (χ3v) is 3.66. The third-order valence-electron chi connectivity index (χ3n) is 3.14. The molecule has 108 valence electrons. The second-order valence-corrected chi connectivity index (χ2v) is 5.16. The van der Waals surface area contributed by atoms with Gasteiger partial charge in [0.1, 0.15) is 0 Å². The van der Waals surface area contributed by atoms with Gasteiger partial charge in [-0.1, -0.05) is 12.1 Å². The van der Waals surface area contributed by atoms with Crippen LogP contribution in [0.15, 0.2) is 53.7 Å². The van der Waals surface area contributed by atoms with E-state index in [-0.39, 0.29) is 5.88 Å². The second-order valence-electron chi connectivity index (χ2n) is 4.45. The zero-order valence-electron chi connectivity index (χ0n) is 11.3. The number of nitriles is 1. The minimum Gasteiger partial charge on any atom is -0.493 e. The van der Waals surface area contributed by atoms with E-state index in [2.05, 4.69) is 16.2 Å². The van der Waals surface area contributed by atoms with Gasteiger partial charge in [-0.3, -0.25) is 5.14 Å². The van der Waals surface area contributed by atoms with Gasteiger partial charge in [-0.2, -0.15) is 15.0 Å². The van der Waals surface area contributed by atoms with Gasteiger partial charge in [-0.25, -0.2) is 4.98 Å². The molecule has 3 rings (SSSR count). The molecule has 0 saturated carbocycles. The molecule has 22 heavy (non-hydrogen) atoms. The molecule has 0 saturated heterocycles. The molecule has 0 aliphatic rings. The standard InChI is InChI=1S/C15H11N5OS/c16-7-10-1-3-11(4-2-10)13-9-19-20(15(13)21)14-6-5-12(22-17)8-18-14/h1-6,8-9,21H,17H2. The summed E-state index contributed by atoms with van der Waals surface area (Å²) in [4.78, 5) is 5.03. The fourth-order valence-corrected chi connectivity index (χ4v) is 2.27. The lowest BCUT2D eigenvalue weighted by Crippen LogP contribution is -1.98. The molecule has 0 unspecified atom stereocenters. The number of nitrogens with two attached hydrogens (primary N) is 1. The van der Waals surface area contributed by atoms with Crippen LogP contribution in [0.2, 0.25) is 0 Å². The molecule has 0 aliphatic heterocycles. The minimum absolute atomic E-state index is 0.00893. The van der Waals surface area contributed by atoms with Crippen molar-refractivity contribution in [3.05, 3.63) is 54.4 Å². The SMILES string of the molecule is N#Cc1ccc(-c2cnn(-c3ccc(SN)cn3)c2O)cc1. The highest BCUT2D eigenvalue weighted by atomic mass is 32.2. The summed E-state index contributed by atoms with van der Waals surface area (Å²) < 4.78 is 1.35. The van der Waals surface area contributed by atoms with Crippen molar-refractivity contribution in [2.24, 2.45) is 5.14 Å². The number of aromatic hydroxyl groups is 1. The van der Waals surface area contributed by atoms with Crippen molar-refractivity contribution in [3.8, 4) is 28.9 Å². The van der Waals surface area contributed by atoms with Crippen LogP contribution >= 0.6 is 11.9 Å². The van der Waals surface area contributed by atoms with Crippen molar-refractivity contribution in [3.63, 3.8) is 0 Å². The minimum atomic E-state index is -0.00893. The summed E-state index contributed by atoms with van der Waals surface area (Å²) in [7, 11) is 0. The van der Waals surface area contributed by atoms with E-state index in [1.807, 2.05) is 0 Å². The molecule has 1 aromatic carbocycles. The topological polar surface area (TPSA) is 101 Å². The zero-order chi connectivity index (χ0) is 15.5. The number of rotatable bonds is 3. The molecule has 0 spiro atoms. The number of hydrogen-bond donors (Lipinski definition) is 2. The Hall–Kier alpha value is -2.82. The van der Waals surface area contributed by atoms with Gasteiger partial charge in [0.25, 0.3) is 0 Å². The molecule has 0 radical (unpaired) electrons. The number of aromatic nitrogens is 3. The lowest BCUT2D eigenvalue weighted by Gasteiger charge is -2.04. The molecule has 3 aromatic rings. The molecular formula is C15H11N5OS. The first-order valence-corrected chi connectivity index (χ1v) is 7.21. The van der Waals surface area contributed by atoms with Crippen molar-refractivity contribution in [2.75, 3.05) is 0 Å². The summed E-state index contributed by atoms with van der Waals surface area (Å²) in [6.45, 7) is 0. The highest BCUT2D eigenvalue weighted by Crippen LogP contribution is 2.30. The number of pyridine rings is 1. The predicted octanol–water partition coefficient (Wildman–Crippen LogP) is 2.48. The average Bonchev–Trinajstić information content (AvgIpc) is 2.96. The molecule has 0 atom stereocenters. The highest BCUT2D eigenvalue weighted by Gasteiger charge is 2.13. The Bertz CT molecular complexity index is 834. The Morgan fingerprint density at radius 3 is 2.50 bits per heavy atom. The molecule has 2 heterocycles. The van der Waals surface area contributed by atoms with Crippen LogP contribution < -0.4 is 5.14 Å². The lowest BCUT2D eigenvalue weighted by molar-refractivity contribution is 0.433. The first-order chi connectivity index (χ1) is 10.7. The van der Waals surface area contributed by atoms with Crippen LogP contribution in [0.4, 0.5) is 0 Å². The maximum Gasteiger partial charge on any atom is 0.223 e. The van der Waals surface area contributed by atoms with E-state index >= 15 is 0 Å². The maximum atomic E-state index is 10.4. The quantitative estimate of drug-likeness (QED) is 0.721. The highest BCUT2D eigenvalue weighted by molar-refractivity contribution is 7.97.